The minimum absolute atomic E-state index is 0.195. The van der Waals surface area contributed by atoms with Crippen molar-refractivity contribution in [2.45, 2.75) is 25.5 Å². The second kappa shape index (κ2) is 5.57. The van der Waals surface area contributed by atoms with E-state index in [0.29, 0.717) is 4.91 Å². The maximum absolute atomic E-state index is 12.0. The molecule has 9 nitrogen and oxygen atoms in total. The van der Waals surface area contributed by atoms with E-state index in [2.05, 4.69) is 4.18 Å². The maximum atomic E-state index is 12.0. The standard InChI is InChI=1S/C10H13NO8S2/c1-4(19-21(16,17)18)7-5-2-6(20-3-12)8(10(14)15)11(5)9(7)13/h4-5,7,12H,2-3H2,1H3,(H,14,15)(H,16,17,18). The quantitative estimate of drug-likeness (QED) is 0.328. The number of amides is 1. The Hall–Kier alpha value is -1.14. The molecule has 0 saturated carbocycles. The van der Waals surface area contributed by atoms with Gasteiger partial charge in [0.25, 0.3) is 0 Å². The zero-order valence-corrected chi connectivity index (χ0v) is 12.4. The van der Waals surface area contributed by atoms with E-state index >= 15 is 0 Å². The average Bonchev–Trinajstić information content (AvgIpc) is 2.62. The molecule has 1 fully saturated rings. The van der Waals surface area contributed by atoms with Crippen molar-refractivity contribution in [1.82, 2.24) is 4.90 Å². The first kappa shape index (κ1) is 16.2. The van der Waals surface area contributed by atoms with Gasteiger partial charge in [0, 0.05) is 11.3 Å². The molecule has 0 bridgehead atoms. The predicted molar refractivity (Wildman–Crippen MR) is 70.2 cm³/mol. The van der Waals surface area contributed by atoms with Crippen molar-refractivity contribution in [1.29, 1.82) is 0 Å². The number of carboxylic acid groups (broad SMARTS) is 1. The zero-order chi connectivity index (χ0) is 15.9. The zero-order valence-electron chi connectivity index (χ0n) is 10.8. The van der Waals surface area contributed by atoms with Crippen LogP contribution in [0.5, 0.6) is 0 Å². The molecular weight excluding hydrogens is 326 g/mol. The number of nitrogens with zero attached hydrogens (tertiary/aromatic N) is 1. The Morgan fingerprint density at radius 2 is 2.19 bits per heavy atom. The summed E-state index contributed by atoms with van der Waals surface area (Å²) in [5.41, 5.74) is -0.195. The molecule has 2 aliphatic heterocycles. The van der Waals surface area contributed by atoms with Gasteiger partial charge >= 0.3 is 16.4 Å². The molecule has 0 aromatic heterocycles. The fraction of sp³-hybridized carbons (Fsp3) is 0.600. The molecule has 118 valence electrons. The Kier molecular flexibility index (Phi) is 4.31. The Labute approximate surface area is 124 Å². The number of rotatable bonds is 6. The molecule has 2 rings (SSSR count). The van der Waals surface area contributed by atoms with Crippen molar-refractivity contribution in [3.63, 3.8) is 0 Å². The van der Waals surface area contributed by atoms with Crippen LogP contribution in [0.15, 0.2) is 10.6 Å². The predicted octanol–water partition coefficient (Wildman–Crippen LogP) is -0.596. The molecule has 1 amide bonds. The monoisotopic (exact) mass is 339 g/mol. The van der Waals surface area contributed by atoms with Crippen LogP contribution >= 0.6 is 11.8 Å². The van der Waals surface area contributed by atoms with Gasteiger partial charge in [-0.25, -0.2) is 8.98 Å². The molecule has 3 unspecified atom stereocenters. The minimum atomic E-state index is -4.70. The third-order valence-corrected chi connectivity index (χ3v) is 4.77. The molecule has 3 N–H and O–H groups in total. The summed E-state index contributed by atoms with van der Waals surface area (Å²) in [7, 11) is -4.70. The Morgan fingerprint density at radius 1 is 1.57 bits per heavy atom. The highest BCUT2D eigenvalue weighted by atomic mass is 32.3. The van der Waals surface area contributed by atoms with E-state index in [0.717, 1.165) is 16.7 Å². The third-order valence-electron chi connectivity index (χ3n) is 3.39. The van der Waals surface area contributed by atoms with Crippen LogP contribution in [-0.2, 0) is 24.2 Å². The van der Waals surface area contributed by atoms with Gasteiger partial charge in [-0.15, -0.1) is 0 Å². The van der Waals surface area contributed by atoms with Gasteiger partial charge in [-0.2, -0.15) is 8.42 Å². The largest absolute Gasteiger partial charge is 0.477 e. The van der Waals surface area contributed by atoms with Gasteiger partial charge in [-0.3, -0.25) is 9.35 Å². The number of carboxylic acids is 1. The summed E-state index contributed by atoms with van der Waals surface area (Å²) in [6.07, 6.45) is -0.912. The van der Waals surface area contributed by atoms with E-state index in [4.69, 9.17) is 14.8 Å². The smallest absolute Gasteiger partial charge is 0.397 e. The fourth-order valence-corrected chi connectivity index (χ4v) is 3.95. The van der Waals surface area contributed by atoms with Gasteiger partial charge in [0.05, 0.1) is 24.0 Å². The Balaban J connectivity index is 2.20. The number of carbonyl (C=O) groups excluding carboxylic acids is 1. The van der Waals surface area contributed by atoms with Gasteiger partial charge in [0.1, 0.15) is 5.70 Å². The first-order valence-corrected chi connectivity index (χ1v) is 8.21. The number of carbonyl (C=O) groups is 2. The van der Waals surface area contributed by atoms with Crippen molar-refractivity contribution in [3.8, 4) is 0 Å². The van der Waals surface area contributed by atoms with Crippen LogP contribution in [0.2, 0.25) is 0 Å². The summed E-state index contributed by atoms with van der Waals surface area (Å²) in [5.74, 6) is -3.06. The Morgan fingerprint density at radius 3 is 2.67 bits per heavy atom. The molecule has 21 heavy (non-hydrogen) atoms. The lowest BCUT2D eigenvalue weighted by molar-refractivity contribution is -0.160. The number of thioether (sulfide) groups is 1. The highest BCUT2D eigenvalue weighted by Gasteiger charge is 2.57. The average molecular weight is 339 g/mol. The van der Waals surface area contributed by atoms with Crippen molar-refractivity contribution in [3.05, 3.63) is 10.6 Å². The van der Waals surface area contributed by atoms with E-state index in [9.17, 15) is 18.0 Å². The molecule has 11 heteroatoms. The summed E-state index contributed by atoms with van der Waals surface area (Å²) in [6.45, 7) is 1.31. The Bertz CT molecular complexity index is 613. The molecule has 0 radical (unpaired) electrons. The molecule has 0 spiro atoms. The lowest BCUT2D eigenvalue weighted by atomic mass is 9.83. The summed E-state index contributed by atoms with van der Waals surface area (Å²) in [5, 5.41) is 18.1. The van der Waals surface area contributed by atoms with Crippen molar-refractivity contribution in [2.24, 2.45) is 5.92 Å². The molecule has 0 aromatic carbocycles. The fourth-order valence-electron chi connectivity index (χ4n) is 2.68. The lowest BCUT2D eigenvalue weighted by Gasteiger charge is -2.45. The molecular formula is C10H13NO8S2. The van der Waals surface area contributed by atoms with Crippen molar-refractivity contribution >= 4 is 34.0 Å². The van der Waals surface area contributed by atoms with Crippen molar-refractivity contribution in [2.75, 3.05) is 5.94 Å². The first-order valence-electron chi connectivity index (χ1n) is 5.86. The molecule has 0 aliphatic carbocycles. The van der Waals surface area contributed by atoms with Crippen LogP contribution in [0, 0.1) is 5.92 Å². The number of aliphatic carboxylic acids is 1. The molecule has 3 atom stereocenters. The third kappa shape index (κ3) is 2.92. The summed E-state index contributed by atoms with van der Waals surface area (Å²) in [6, 6.07) is -0.547. The lowest BCUT2D eigenvalue weighted by Crippen LogP contribution is -2.62. The van der Waals surface area contributed by atoms with E-state index in [1.54, 1.807) is 0 Å². The number of aliphatic hydroxyl groups is 1. The summed E-state index contributed by atoms with van der Waals surface area (Å²) >= 11 is 0.904. The van der Waals surface area contributed by atoms with E-state index in [-0.39, 0.29) is 18.1 Å². The van der Waals surface area contributed by atoms with Gasteiger partial charge in [0.15, 0.2) is 0 Å². The highest BCUT2D eigenvalue weighted by Crippen LogP contribution is 2.47. The normalized spacial score (nSPS) is 26.6. The molecule has 1 saturated heterocycles. The highest BCUT2D eigenvalue weighted by molar-refractivity contribution is 8.02. The number of β-lactam (4-membered cyclic amide) rings is 1. The number of aliphatic hydroxyl groups excluding tert-OH is 1. The topological polar surface area (TPSA) is 141 Å². The first-order chi connectivity index (χ1) is 9.67. The van der Waals surface area contributed by atoms with Crippen LogP contribution in [-0.4, -0.2) is 58.0 Å². The molecule has 2 aliphatic rings. The number of hydrogen-bond donors (Lipinski definition) is 3. The van der Waals surface area contributed by atoms with Crippen LogP contribution < -0.4 is 0 Å². The van der Waals surface area contributed by atoms with Crippen LogP contribution in [0.25, 0.3) is 0 Å². The van der Waals surface area contributed by atoms with E-state index in [1.165, 1.54) is 6.92 Å². The van der Waals surface area contributed by atoms with E-state index < -0.39 is 40.3 Å². The van der Waals surface area contributed by atoms with E-state index in [1.807, 2.05) is 0 Å². The summed E-state index contributed by atoms with van der Waals surface area (Å²) in [4.78, 5) is 24.7. The minimum Gasteiger partial charge on any atom is -0.477 e. The SMILES string of the molecule is CC(OS(=O)(=O)O)C1C(=O)N2C(C(=O)O)=C(SCO)CC12. The maximum Gasteiger partial charge on any atom is 0.397 e. The van der Waals surface area contributed by atoms with Gasteiger partial charge in [0.2, 0.25) is 5.91 Å². The summed E-state index contributed by atoms with van der Waals surface area (Å²) < 4.78 is 34.4. The second-order valence-electron chi connectivity index (χ2n) is 4.58. The van der Waals surface area contributed by atoms with Crippen LogP contribution in [0.3, 0.4) is 0 Å². The van der Waals surface area contributed by atoms with Gasteiger partial charge < -0.3 is 15.1 Å². The van der Waals surface area contributed by atoms with Crippen molar-refractivity contribution < 1.29 is 37.0 Å². The van der Waals surface area contributed by atoms with Gasteiger partial charge in [-0.05, 0) is 6.92 Å². The molecule has 0 aromatic rings. The van der Waals surface area contributed by atoms with Crippen LogP contribution in [0.4, 0.5) is 0 Å². The number of hydrogen-bond acceptors (Lipinski definition) is 7. The van der Waals surface area contributed by atoms with Crippen LogP contribution in [0.1, 0.15) is 13.3 Å². The number of fused-ring (bicyclic) bond motifs is 1. The molecule has 2 heterocycles. The second-order valence-corrected chi connectivity index (χ2v) is 6.67. The van der Waals surface area contributed by atoms with Gasteiger partial charge in [-0.1, -0.05) is 11.8 Å².